The van der Waals surface area contributed by atoms with E-state index in [-0.39, 0.29) is 5.60 Å². The molecule has 14 heavy (non-hydrogen) atoms. The van der Waals surface area contributed by atoms with Crippen molar-refractivity contribution in [2.45, 2.75) is 52.2 Å². The first-order valence-electron chi connectivity index (χ1n) is 5.51. The van der Waals surface area contributed by atoms with Gasteiger partial charge in [-0.15, -0.1) is 0 Å². The lowest BCUT2D eigenvalue weighted by atomic mass is 10.1. The van der Waals surface area contributed by atoms with Crippen LogP contribution >= 0.6 is 0 Å². The summed E-state index contributed by atoms with van der Waals surface area (Å²) in [5, 5.41) is 3.40. The van der Waals surface area contributed by atoms with E-state index in [4.69, 9.17) is 4.74 Å². The summed E-state index contributed by atoms with van der Waals surface area (Å²) in [5.74, 6) is 0. The summed E-state index contributed by atoms with van der Waals surface area (Å²) in [6.07, 6.45) is 4.99. The molecule has 1 atom stereocenters. The zero-order chi connectivity index (χ0) is 10.6. The second-order valence-corrected chi connectivity index (χ2v) is 4.98. The van der Waals surface area contributed by atoms with Gasteiger partial charge in [-0.1, -0.05) is 11.6 Å². The Hall–Kier alpha value is -0.340. The molecule has 1 saturated heterocycles. The first kappa shape index (κ1) is 11.7. The lowest BCUT2D eigenvalue weighted by Gasteiger charge is -2.19. The van der Waals surface area contributed by atoms with E-state index in [1.807, 2.05) is 0 Å². The van der Waals surface area contributed by atoms with E-state index >= 15 is 0 Å². The van der Waals surface area contributed by atoms with Gasteiger partial charge in [0.1, 0.15) is 0 Å². The molecule has 1 aliphatic heterocycles. The van der Waals surface area contributed by atoms with Gasteiger partial charge < -0.3 is 10.1 Å². The van der Waals surface area contributed by atoms with Gasteiger partial charge >= 0.3 is 0 Å². The Morgan fingerprint density at radius 1 is 1.50 bits per heavy atom. The fourth-order valence-electron chi connectivity index (χ4n) is 1.74. The molecule has 2 heteroatoms. The average molecular weight is 197 g/mol. The van der Waals surface area contributed by atoms with Gasteiger partial charge in [0.25, 0.3) is 0 Å². The van der Waals surface area contributed by atoms with Crippen molar-refractivity contribution in [3.05, 3.63) is 11.6 Å². The number of nitrogens with one attached hydrogen (secondary N) is 1. The van der Waals surface area contributed by atoms with Crippen molar-refractivity contribution < 1.29 is 4.74 Å². The first-order chi connectivity index (χ1) is 6.49. The van der Waals surface area contributed by atoms with E-state index in [1.165, 1.54) is 18.4 Å². The Balaban J connectivity index is 2.12. The number of hydrogen-bond donors (Lipinski definition) is 1. The maximum atomic E-state index is 5.87. The van der Waals surface area contributed by atoms with Gasteiger partial charge in [-0.25, -0.2) is 0 Å². The highest BCUT2D eigenvalue weighted by Gasteiger charge is 2.30. The molecule has 0 aromatic rings. The van der Waals surface area contributed by atoms with Crippen LogP contribution in [0.1, 0.15) is 40.5 Å². The van der Waals surface area contributed by atoms with Crippen molar-refractivity contribution in [3.8, 4) is 0 Å². The number of rotatable bonds is 4. The monoisotopic (exact) mass is 197 g/mol. The zero-order valence-electron chi connectivity index (χ0n) is 9.89. The highest BCUT2D eigenvalue weighted by Crippen LogP contribution is 2.28. The fraction of sp³-hybridized carbons (Fsp3) is 0.833. The second kappa shape index (κ2) is 4.94. The van der Waals surface area contributed by atoms with E-state index in [0.717, 1.165) is 13.1 Å². The highest BCUT2D eigenvalue weighted by atomic mass is 16.5. The first-order valence-corrected chi connectivity index (χ1v) is 5.51. The minimum atomic E-state index is 0.100. The van der Waals surface area contributed by atoms with Crippen molar-refractivity contribution in [3.63, 3.8) is 0 Å². The molecule has 2 nitrogen and oxygen atoms in total. The van der Waals surface area contributed by atoms with Crippen molar-refractivity contribution in [2.75, 3.05) is 13.1 Å². The lowest BCUT2D eigenvalue weighted by molar-refractivity contribution is -0.0138. The second-order valence-electron chi connectivity index (χ2n) is 4.98. The van der Waals surface area contributed by atoms with Gasteiger partial charge in [-0.05, 0) is 40.5 Å². The maximum Gasteiger partial charge on any atom is 0.0707 e. The van der Waals surface area contributed by atoms with E-state index in [0.29, 0.717) is 6.10 Å². The fourth-order valence-corrected chi connectivity index (χ4v) is 1.74. The molecule has 0 aromatic carbocycles. The molecule has 82 valence electrons. The van der Waals surface area contributed by atoms with Crippen LogP contribution in [-0.2, 0) is 4.74 Å². The standard InChI is InChI=1S/C12H23NO/c1-10(2)6-8-13-9-11-5-7-12(3,4)14-11/h6,11,13H,5,7-9H2,1-4H3. The van der Waals surface area contributed by atoms with Crippen LogP contribution < -0.4 is 5.32 Å². The van der Waals surface area contributed by atoms with Crippen molar-refractivity contribution in [1.29, 1.82) is 0 Å². The van der Waals surface area contributed by atoms with Crippen LogP contribution in [0.2, 0.25) is 0 Å². The molecule has 1 aliphatic rings. The molecule has 0 aromatic heterocycles. The molecule has 0 aliphatic carbocycles. The predicted octanol–water partition coefficient (Wildman–Crippen LogP) is 2.50. The molecule has 1 N–H and O–H groups in total. The molecule has 0 radical (unpaired) electrons. The Bertz CT molecular complexity index is 204. The Kier molecular flexibility index (Phi) is 4.14. The minimum Gasteiger partial charge on any atom is -0.371 e. The van der Waals surface area contributed by atoms with Crippen LogP contribution in [0.3, 0.4) is 0 Å². The van der Waals surface area contributed by atoms with Crippen molar-refractivity contribution >= 4 is 0 Å². The SMILES string of the molecule is CC(C)=CCNCC1CCC(C)(C)O1. The maximum absolute atomic E-state index is 5.87. The smallest absolute Gasteiger partial charge is 0.0707 e. The number of hydrogen-bond acceptors (Lipinski definition) is 2. The normalized spacial score (nSPS) is 25.0. The molecular weight excluding hydrogens is 174 g/mol. The lowest BCUT2D eigenvalue weighted by Crippen LogP contribution is -2.29. The largest absolute Gasteiger partial charge is 0.371 e. The van der Waals surface area contributed by atoms with E-state index in [1.54, 1.807) is 0 Å². The third-order valence-corrected chi connectivity index (χ3v) is 2.58. The van der Waals surface area contributed by atoms with Crippen LogP contribution in [0.25, 0.3) is 0 Å². The summed E-state index contributed by atoms with van der Waals surface area (Å²) >= 11 is 0. The van der Waals surface area contributed by atoms with Crippen LogP contribution in [0.15, 0.2) is 11.6 Å². The highest BCUT2D eigenvalue weighted by molar-refractivity contribution is 4.94. The summed E-state index contributed by atoms with van der Waals surface area (Å²) in [6.45, 7) is 10.5. The Labute approximate surface area is 87.7 Å². The molecule has 1 fully saturated rings. The van der Waals surface area contributed by atoms with Gasteiger partial charge in [-0.3, -0.25) is 0 Å². The van der Waals surface area contributed by atoms with E-state index in [2.05, 4.69) is 39.1 Å². The van der Waals surface area contributed by atoms with E-state index in [9.17, 15) is 0 Å². The number of allylic oxidation sites excluding steroid dienone is 1. The Morgan fingerprint density at radius 3 is 2.71 bits per heavy atom. The van der Waals surface area contributed by atoms with Gasteiger partial charge in [0.15, 0.2) is 0 Å². The average Bonchev–Trinajstić information content (AvgIpc) is 2.39. The van der Waals surface area contributed by atoms with E-state index < -0.39 is 0 Å². The minimum absolute atomic E-state index is 0.100. The van der Waals surface area contributed by atoms with Crippen LogP contribution in [0, 0.1) is 0 Å². The third kappa shape index (κ3) is 4.25. The van der Waals surface area contributed by atoms with Gasteiger partial charge in [0, 0.05) is 13.1 Å². The quantitative estimate of drug-likeness (QED) is 0.552. The number of ether oxygens (including phenoxy) is 1. The van der Waals surface area contributed by atoms with Crippen LogP contribution in [0.4, 0.5) is 0 Å². The summed E-state index contributed by atoms with van der Waals surface area (Å²) < 4.78 is 5.87. The zero-order valence-corrected chi connectivity index (χ0v) is 9.89. The molecular formula is C12H23NO. The third-order valence-electron chi connectivity index (χ3n) is 2.58. The molecule has 1 unspecified atom stereocenters. The summed E-state index contributed by atoms with van der Waals surface area (Å²) in [4.78, 5) is 0. The predicted molar refractivity (Wildman–Crippen MR) is 60.5 cm³/mol. The molecule has 1 heterocycles. The molecule has 0 saturated carbocycles. The molecule has 0 bridgehead atoms. The van der Waals surface area contributed by atoms with Gasteiger partial charge in [0.2, 0.25) is 0 Å². The van der Waals surface area contributed by atoms with Gasteiger partial charge in [-0.2, -0.15) is 0 Å². The molecule has 0 spiro atoms. The van der Waals surface area contributed by atoms with Crippen LogP contribution in [-0.4, -0.2) is 24.8 Å². The van der Waals surface area contributed by atoms with Crippen molar-refractivity contribution in [1.82, 2.24) is 5.32 Å². The summed E-state index contributed by atoms with van der Waals surface area (Å²) in [6, 6.07) is 0. The Morgan fingerprint density at radius 2 is 2.21 bits per heavy atom. The molecule has 1 rings (SSSR count). The summed E-state index contributed by atoms with van der Waals surface area (Å²) in [5.41, 5.74) is 1.47. The van der Waals surface area contributed by atoms with Gasteiger partial charge in [0.05, 0.1) is 11.7 Å². The summed E-state index contributed by atoms with van der Waals surface area (Å²) in [7, 11) is 0. The van der Waals surface area contributed by atoms with Crippen LogP contribution in [0.5, 0.6) is 0 Å². The topological polar surface area (TPSA) is 21.3 Å². The van der Waals surface area contributed by atoms with Crippen molar-refractivity contribution in [2.24, 2.45) is 0 Å². The molecule has 0 amide bonds.